The van der Waals surface area contributed by atoms with Crippen LogP contribution in [-0.4, -0.2) is 18.4 Å². The van der Waals surface area contributed by atoms with E-state index in [2.05, 4.69) is 41.8 Å². The molecule has 0 saturated heterocycles. The monoisotopic (exact) mass is 338 g/mol. The Morgan fingerprint density at radius 1 is 0.840 bits per heavy atom. The predicted molar refractivity (Wildman–Crippen MR) is 102 cm³/mol. The fourth-order valence-electron chi connectivity index (χ4n) is 2.61. The molecule has 132 valence electrons. The highest BCUT2D eigenvalue weighted by Gasteiger charge is 2.08. The molecule has 0 atom stereocenters. The summed E-state index contributed by atoms with van der Waals surface area (Å²) in [6, 6.07) is 16.0. The van der Waals surface area contributed by atoms with Crippen LogP contribution in [0.25, 0.3) is 0 Å². The first-order chi connectivity index (χ1) is 12.1. The largest absolute Gasteiger partial charge is 0.347 e. The third-order valence-corrected chi connectivity index (χ3v) is 4.19. The summed E-state index contributed by atoms with van der Waals surface area (Å²) in [4.78, 5) is 23.9. The average Bonchev–Trinajstić information content (AvgIpc) is 2.65. The second kappa shape index (κ2) is 9.62. The van der Waals surface area contributed by atoms with E-state index in [1.807, 2.05) is 31.2 Å². The van der Waals surface area contributed by atoms with Crippen molar-refractivity contribution in [2.24, 2.45) is 0 Å². The van der Waals surface area contributed by atoms with E-state index >= 15 is 0 Å². The molecule has 0 aromatic heterocycles. The van der Waals surface area contributed by atoms with Crippen molar-refractivity contribution >= 4 is 17.5 Å². The molecule has 2 aromatic carbocycles. The van der Waals surface area contributed by atoms with Crippen molar-refractivity contribution in [3.63, 3.8) is 0 Å². The minimum Gasteiger partial charge on any atom is -0.347 e. The summed E-state index contributed by atoms with van der Waals surface area (Å²) in [5.41, 5.74) is 4.31. The highest BCUT2D eigenvalue weighted by molar-refractivity contribution is 5.95. The van der Waals surface area contributed by atoms with Crippen molar-refractivity contribution in [3.05, 3.63) is 65.2 Å². The van der Waals surface area contributed by atoms with Gasteiger partial charge in [0, 0.05) is 12.1 Å². The third-order valence-electron chi connectivity index (χ3n) is 4.19. The van der Waals surface area contributed by atoms with Crippen molar-refractivity contribution in [2.45, 2.75) is 39.5 Å². The standard InChI is InChI=1S/C21H26N2O2/c1-3-16-9-11-17(12-10-16)13-14-20(24)22-15-21(25)23-19-8-6-5-7-18(19)4-2/h5-12H,3-4,13-15H2,1-2H3,(H,22,24)(H,23,25). The molecule has 4 heteroatoms. The Morgan fingerprint density at radius 3 is 2.20 bits per heavy atom. The summed E-state index contributed by atoms with van der Waals surface area (Å²) in [5, 5.41) is 5.53. The molecule has 4 nitrogen and oxygen atoms in total. The van der Waals surface area contributed by atoms with Gasteiger partial charge in [-0.1, -0.05) is 56.3 Å². The number of anilines is 1. The van der Waals surface area contributed by atoms with Crippen LogP contribution in [0.4, 0.5) is 5.69 Å². The highest BCUT2D eigenvalue weighted by atomic mass is 16.2. The second-order valence-corrected chi connectivity index (χ2v) is 6.01. The Hall–Kier alpha value is -2.62. The van der Waals surface area contributed by atoms with E-state index in [1.165, 1.54) is 5.56 Å². The molecule has 2 N–H and O–H groups in total. The number of aryl methyl sites for hydroxylation is 3. The fraction of sp³-hybridized carbons (Fsp3) is 0.333. The Morgan fingerprint density at radius 2 is 1.52 bits per heavy atom. The lowest BCUT2D eigenvalue weighted by Crippen LogP contribution is -2.33. The van der Waals surface area contributed by atoms with Crippen LogP contribution >= 0.6 is 0 Å². The van der Waals surface area contributed by atoms with Gasteiger partial charge in [-0.3, -0.25) is 9.59 Å². The Balaban J connectivity index is 1.74. The molecule has 0 bridgehead atoms. The zero-order chi connectivity index (χ0) is 18.1. The molecule has 2 amide bonds. The first kappa shape index (κ1) is 18.7. The summed E-state index contributed by atoms with van der Waals surface area (Å²) in [5.74, 6) is -0.319. The van der Waals surface area contributed by atoms with Crippen LogP contribution in [0.1, 0.15) is 37.0 Å². The molecule has 0 heterocycles. The van der Waals surface area contributed by atoms with Gasteiger partial charge < -0.3 is 10.6 Å². The van der Waals surface area contributed by atoms with Gasteiger partial charge in [-0.05, 0) is 42.0 Å². The van der Waals surface area contributed by atoms with Gasteiger partial charge in [0.15, 0.2) is 0 Å². The Bertz CT molecular complexity index is 708. The van der Waals surface area contributed by atoms with Crippen molar-refractivity contribution in [2.75, 3.05) is 11.9 Å². The number of benzene rings is 2. The van der Waals surface area contributed by atoms with E-state index in [9.17, 15) is 9.59 Å². The normalized spacial score (nSPS) is 10.3. The lowest BCUT2D eigenvalue weighted by molar-refractivity contribution is -0.124. The molecule has 0 aliphatic rings. The maximum Gasteiger partial charge on any atom is 0.243 e. The SMILES string of the molecule is CCc1ccc(CCC(=O)NCC(=O)Nc2ccccc2CC)cc1. The van der Waals surface area contributed by atoms with E-state index in [0.717, 1.165) is 29.7 Å². The van der Waals surface area contributed by atoms with Gasteiger partial charge in [0.2, 0.25) is 11.8 Å². The molecule has 25 heavy (non-hydrogen) atoms. The molecule has 0 fully saturated rings. The molecule has 2 aromatic rings. The lowest BCUT2D eigenvalue weighted by atomic mass is 10.1. The van der Waals surface area contributed by atoms with Gasteiger partial charge in [-0.25, -0.2) is 0 Å². The average molecular weight is 338 g/mol. The van der Waals surface area contributed by atoms with E-state index in [-0.39, 0.29) is 18.4 Å². The molecule has 0 radical (unpaired) electrons. The Kier molecular flexibility index (Phi) is 7.20. The molecule has 2 rings (SSSR count). The van der Waals surface area contributed by atoms with Crippen LogP contribution in [0.15, 0.2) is 48.5 Å². The third kappa shape index (κ3) is 6.07. The fourth-order valence-corrected chi connectivity index (χ4v) is 2.61. The number of hydrogen-bond donors (Lipinski definition) is 2. The van der Waals surface area contributed by atoms with Crippen molar-refractivity contribution in [3.8, 4) is 0 Å². The number of amides is 2. The summed E-state index contributed by atoms with van der Waals surface area (Å²) >= 11 is 0. The van der Waals surface area contributed by atoms with E-state index in [4.69, 9.17) is 0 Å². The first-order valence-electron chi connectivity index (χ1n) is 8.84. The van der Waals surface area contributed by atoms with Gasteiger partial charge in [-0.2, -0.15) is 0 Å². The lowest BCUT2D eigenvalue weighted by Gasteiger charge is -2.10. The smallest absolute Gasteiger partial charge is 0.243 e. The molecular weight excluding hydrogens is 312 g/mol. The number of carbonyl (C=O) groups is 2. The van der Waals surface area contributed by atoms with E-state index in [0.29, 0.717) is 12.8 Å². The van der Waals surface area contributed by atoms with Gasteiger partial charge in [0.25, 0.3) is 0 Å². The first-order valence-corrected chi connectivity index (χ1v) is 8.84. The van der Waals surface area contributed by atoms with Crippen LogP contribution in [-0.2, 0) is 28.9 Å². The minimum atomic E-state index is -0.207. The quantitative estimate of drug-likeness (QED) is 0.774. The molecule has 0 aliphatic heterocycles. The van der Waals surface area contributed by atoms with Crippen molar-refractivity contribution < 1.29 is 9.59 Å². The van der Waals surface area contributed by atoms with Crippen LogP contribution in [0, 0.1) is 0 Å². The number of para-hydroxylation sites is 1. The maximum absolute atomic E-state index is 12.0. The van der Waals surface area contributed by atoms with Crippen molar-refractivity contribution in [1.29, 1.82) is 0 Å². The molecule has 0 saturated carbocycles. The van der Waals surface area contributed by atoms with Crippen molar-refractivity contribution in [1.82, 2.24) is 5.32 Å². The second-order valence-electron chi connectivity index (χ2n) is 6.01. The van der Waals surface area contributed by atoms with Crippen LogP contribution in [0.2, 0.25) is 0 Å². The van der Waals surface area contributed by atoms with E-state index < -0.39 is 0 Å². The number of carbonyl (C=O) groups excluding carboxylic acids is 2. The topological polar surface area (TPSA) is 58.2 Å². The summed E-state index contributed by atoms with van der Waals surface area (Å²) < 4.78 is 0. The number of rotatable bonds is 8. The molecular formula is C21H26N2O2. The molecule has 0 spiro atoms. The summed E-state index contributed by atoms with van der Waals surface area (Å²) in [6.07, 6.45) is 2.91. The molecule has 0 unspecified atom stereocenters. The zero-order valence-electron chi connectivity index (χ0n) is 15.0. The highest BCUT2D eigenvalue weighted by Crippen LogP contribution is 2.15. The maximum atomic E-state index is 12.0. The number of hydrogen-bond acceptors (Lipinski definition) is 2. The van der Waals surface area contributed by atoms with E-state index in [1.54, 1.807) is 0 Å². The van der Waals surface area contributed by atoms with Crippen LogP contribution in [0.3, 0.4) is 0 Å². The minimum absolute atomic E-state index is 0.00828. The number of nitrogens with one attached hydrogen (secondary N) is 2. The predicted octanol–water partition coefficient (Wildman–Crippen LogP) is 3.50. The van der Waals surface area contributed by atoms with Crippen LogP contribution in [0.5, 0.6) is 0 Å². The summed E-state index contributed by atoms with van der Waals surface area (Å²) in [6.45, 7) is 4.15. The molecule has 0 aliphatic carbocycles. The van der Waals surface area contributed by atoms with Crippen LogP contribution < -0.4 is 10.6 Å². The van der Waals surface area contributed by atoms with Gasteiger partial charge in [0.1, 0.15) is 0 Å². The Labute approximate surface area is 149 Å². The van der Waals surface area contributed by atoms with Gasteiger partial charge in [0.05, 0.1) is 6.54 Å². The van der Waals surface area contributed by atoms with Gasteiger partial charge in [-0.15, -0.1) is 0 Å². The summed E-state index contributed by atoms with van der Waals surface area (Å²) in [7, 11) is 0. The zero-order valence-corrected chi connectivity index (χ0v) is 15.0. The van der Waals surface area contributed by atoms with Gasteiger partial charge >= 0.3 is 0 Å².